The Labute approximate surface area is 158 Å². The highest BCUT2D eigenvalue weighted by molar-refractivity contribution is 7.93. The van der Waals surface area contributed by atoms with Crippen LogP contribution in [0.2, 0.25) is 5.02 Å². The average Bonchev–Trinajstić information content (AvgIpc) is 3.25. The topological polar surface area (TPSA) is 106 Å². The Hall–Kier alpha value is -2.43. The second kappa shape index (κ2) is 7.85. The van der Waals surface area contributed by atoms with Crippen LogP contribution >= 0.6 is 22.9 Å². The van der Waals surface area contributed by atoms with E-state index in [0.717, 1.165) is 0 Å². The van der Waals surface area contributed by atoms with Crippen molar-refractivity contribution < 1.29 is 13.2 Å². The van der Waals surface area contributed by atoms with Gasteiger partial charge in [0.05, 0.1) is 16.1 Å². The van der Waals surface area contributed by atoms with Crippen molar-refractivity contribution in [1.82, 2.24) is 14.8 Å². The molecule has 3 rings (SSSR count). The van der Waals surface area contributed by atoms with E-state index in [1.807, 2.05) is 0 Å². The number of anilines is 2. The molecule has 0 unspecified atom stereocenters. The van der Waals surface area contributed by atoms with Crippen LogP contribution in [-0.4, -0.2) is 29.1 Å². The highest BCUT2D eigenvalue weighted by Crippen LogP contribution is 2.19. The Balaban J connectivity index is 1.57. The summed E-state index contributed by atoms with van der Waals surface area (Å²) in [5.41, 5.74) is 0.502. The second-order valence-corrected chi connectivity index (χ2v) is 8.20. The molecule has 0 aliphatic heterocycles. The van der Waals surface area contributed by atoms with Gasteiger partial charge in [0.1, 0.15) is 0 Å². The standard InChI is InChI=1S/C15H14ClN5O3S2/c16-11-9-18-21(10-11)7-5-14(22)19-12-1-3-13(4-2-12)26(23,24)20-15-17-6-8-25-15/h1-4,6,8-10H,5,7H2,(H,17,20)(H,19,22). The van der Waals surface area contributed by atoms with Gasteiger partial charge in [0.15, 0.2) is 5.13 Å². The lowest BCUT2D eigenvalue weighted by atomic mass is 10.3. The van der Waals surface area contributed by atoms with E-state index in [2.05, 4.69) is 20.1 Å². The number of hydrogen-bond donors (Lipinski definition) is 2. The zero-order chi connectivity index (χ0) is 18.6. The molecule has 1 aromatic carbocycles. The molecule has 1 amide bonds. The number of sulfonamides is 1. The van der Waals surface area contributed by atoms with Gasteiger partial charge in [-0.15, -0.1) is 11.3 Å². The van der Waals surface area contributed by atoms with E-state index < -0.39 is 10.0 Å². The smallest absolute Gasteiger partial charge is 0.263 e. The van der Waals surface area contributed by atoms with E-state index in [1.165, 1.54) is 48.0 Å². The van der Waals surface area contributed by atoms with Crippen molar-refractivity contribution in [1.29, 1.82) is 0 Å². The molecule has 0 radical (unpaired) electrons. The predicted molar refractivity (Wildman–Crippen MR) is 99.8 cm³/mol. The summed E-state index contributed by atoms with van der Waals surface area (Å²) in [6.45, 7) is 0.392. The minimum absolute atomic E-state index is 0.0804. The summed E-state index contributed by atoms with van der Waals surface area (Å²) in [7, 11) is -3.71. The summed E-state index contributed by atoms with van der Waals surface area (Å²) in [6.07, 6.45) is 4.85. The van der Waals surface area contributed by atoms with Crippen LogP contribution in [0.1, 0.15) is 6.42 Å². The number of amides is 1. The van der Waals surface area contributed by atoms with Crippen molar-refractivity contribution in [2.75, 3.05) is 10.0 Å². The summed E-state index contributed by atoms with van der Waals surface area (Å²) in [5.74, 6) is -0.215. The van der Waals surface area contributed by atoms with Gasteiger partial charge in [-0.3, -0.25) is 14.2 Å². The molecule has 0 saturated heterocycles. The van der Waals surface area contributed by atoms with Crippen LogP contribution in [0.25, 0.3) is 0 Å². The van der Waals surface area contributed by atoms with Gasteiger partial charge in [-0.25, -0.2) is 13.4 Å². The highest BCUT2D eigenvalue weighted by atomic mass is 35.5. The fraction of sp³-hybridized carbons (Fsp3) is 0.133. The Bertz CT molecular complexity index is 985. The van der Waals surface area contributed by atoms with Gasteiger partial charge < -0.3 is 5.32 Å². The largest absolute Gasteiger partial charge is 0.326 e. The number of hydrogen-bond acceptors (Lipinski definition) is 6. The van der Waals surface area contributed by atoms with Crippen molar-refractivity contribution in [3.8, 4) is 0 Å². The van der Waals surface area contributed by atoms with Crippen molar-refractivity contribution in [2.24, 2.45) is 0 Å². The van der Waals surface area contributed by atoms with Gasteiger partial charge in [-0.1, -0.05) is 11.6 Å². The second-order valence-electron chi connectivity index (χ2n) is 5.19. The zero-order valence-corrected chi connectivity index (χ0v) is 15.7. The molecule has 11 heteroatoms. The molecule has 3 aromatic rings. The van der Waals surface area contributed by atoms with Crippen LogP contribution in [0.15, 0.2) is 53.1 Å². The first-order valence-electron chi connectivity index (χ1n) is 7.42. The van der Waals surface area contributed by atoms with Crippen LogP contribution in [0.4, 0.5) is 10.8 Å². The average molecular weight is 412 g/mol. The van der Waals surface area contributed by atoms with Gasteiger partial charge in [0, 0.05) is 36.4 Å². The van der Waals surface area contributed by atoms with E-state index in [9.17, 15) is 13.2 Å². The first-order valence-corrected chi connectivity index (χ1v) is 10.2. The minimum Gasteiger partial charge on any atom is -0.326 e. The number of aryl methyl sites for hydroxylation is 1. The molecule has 0 spiro atoms. The maximum atomic E-state index is 12.2. The third kappa shape index (κ3) is 4.81. The monoisotopic (exact) mass is 411 g/mol. The zero-order valence-electron chi connectivity index (χ0n) is 13.3. The lowest BCUT2D eigenvalue weighted by Gasteiger charge is -2.08. The Morgan fingerprint density at radius 2 is 2.04 bits per heavy atom. The molecule has 136 valence electrons. The number of nitrogens with one attached hydrogen (secondary N) is 2. The van der Waals surface area contributed by atoms with E-state index in [1.54, 1.807) is 16.3 Å². The van der Waals surface area contributed by atoms with Crippen LogP contribution in [-0.2, 0) is 21.4 Å². The number of rotatable bonds is 7. The molecule has 0 aliphatic carbocycles. The van der Waals surface area contributed by atoms with Crippen LogP contribution in [0.3, 0.4) is 0 Å². The lowest BCUT2D eigenvalue weighted by Crippen LogP contribution is -2.15. The summed E-state index contributed by atoms with van der Waals surface area (Å²) < 4.78 is 28.4. The summed E-state index contributed by atoms with van der Waals surface area (Å²) in [6, 6.07) is 5.88. The first-order chi connectivity index (χ1) is 12.4. The SMILES string of the molecule is O=C(CCn1cc(Cl)cn1)Nc1ccc(S(=O)(=O)Nc2nccs2)cc1. The summed E-state index contributed by atoms with van der Waals surface area (Å²) in [5, 5.41) is 9.17. The number of aromatic nitrogens is 3. The van der Waals surface area contributed by atoms with Gasteiger partial charge in [-0.2, -0.15) is 5.10 Å². The number of carbonyl (C=O) groups excluding carboxylic acids is 1. The van der Waals surface area contributed by atoms with Gasteiger partial charge in [-0.05, 0) is 24.3 Å². The number of carbonyl (C=O) groups is 1. The van der Waals surface area contributed by atoms with Gasteiger partial charge in [0.25, 0.3) is 10.0 Å². The van der Waals surface area contributed by atoms with Crippen molar-refractivity contribution in [3.63, 3.8) is 0 Å². The predicted octanol–water partition coefficient (Wildman–Crippen LogP) is 2.82. The summed E-state index contributed by atoms with van der Waals surface area (Å²) in [4.78, 5) is 15.9. The van der Waals surface area contributed by atoms with Crippen molar-refractivity contribution >= 4 is 49.7 Å². The van der Waals surface area contributed by atoms with Crippen molar-refractivity contribution in [2.45, 2.75) is 17.9 Å². The normalized spacial score (nSPS) is 11.3. The molecular formula is C15H14ClN5O3S2. The molecule has 2 N–H and O–H groups in total. The molecule has 0 saturated carbocycles. The lowest BCUT2D eigenvalue weighted by molar-refractivity contribution is -0.116. The van der Waals surface area contributed by atoms with Gasteiger partial charge >= 0.3 is 0 Å². The molecule has 0 atom stereocenters. The minimum atomic E-state index is -3.71. The Morgan fingerprint density at radius 1 is 1.27 bits per heavy atom. The number of benzene rings is 1. The van der Waals surface area contributed by atoms with Crippen LogP contribution in [0, 0.1) is 0 Å². The summed E-state index contributed by atoms with van der Waals surface area (Å²) >= 11 is 6.95. The van der Waals surface area contributed by atoms with E-state index in [-0.39, 0.29) is 17.2 Å². The molecule has 0 bridgehead atoms. The number of halogens is 1. The van der Waals surface area contributed by atoms with E-state index in [0.29, 0.717) is 22.4 Å². The third-order valence-corrected chi connectivity index (χ3v) is 5.64. The fourth-order valence-electron chi connectivity index (χ4n) is 2.07. The molecular weight excluding hydrogens is 398 g/mol. The quantitative estimate of drug-likeness (QED) is 0.621. The van der Waals surface area contributed by atoms with E-state index in [4.69, 9.17) is 11.6 Å². The van der Waals surface area contributed by atoms with E-state index >= 15 is 0 Å². The highest BCUT2D eigenvalue weighted by Gasteiger charge is 2.15. The number of thiazole rings is 1. The Kier molecular flexibility index (Phi) is 5.55. The Morgan fingerprint density at radius 3 is 2.65 bits per heavy atom. The molecule has 2 heterocycles. The van der Waals surface area contributed by atoms with Crippen LogP contribution in [0.5, 0.6) is 0 Å². The number of nitrogens with zero attached hydrogens (tertiary/aromatic N) is 3. The fourth-order valence-corrected chi connectivity index (χ4v) is 4.01. The van der Waals surface area contributed by atoms with Crippen LogP contribution < -0.4 is 10.0 Å². The molecule has 0 fully saturated rings. The molecule has 8 nitrogen and oxygen atoms in total. The van der Waals surface area contributed by atoms with Gasteiger partial charge in [0.2, 0.25) is 5.91 Å². The van der Waals surface area contributed by atoms with Crippen molar-refractivity contribution in [3.05, 3.63) is 53.3 Å². The first kappa shape index (κ1) is 18.4. The maximum Gasteiger partial charge on any atom is 0.263 e. The molecule has 2 aromatic heterocycles. The molecule has 26 heavy (non-hydrogen) atoms. The third-order valence-electron chi connectivity index (χ3n) is 3.27. The molecule has 0 aliphatic rings. The maximum absolute atomic E-state index is 12.2.